The second kappa shape index (κ2) is 12.2. The fourth-order valence-corrected chi connectivity index (χ4v) is 1.77. The summed E-state index contributed by atoms with van der Waals surface area (Å²) in [6.45, 7) is 13.9. The Labute approximate surface area is 169 Å². The summed E-state index contributed by atoms with van der Waals surface area (Å²) in [6, 6.07) is 0.0782. The number of carbonyl (C=O) groups excluding carboxylic acids is 1. The molecule has 0 bridgehead atoms. The van der Waals surface area contributed by atoms with Gasteiger partial charge in [-0.2, -0.15) is 0 Å². The molecule has 0 saturated carbocycles. The van der Waals surface area contributed by atoms with Gasteiger partial charge in [-0.25, -0.2) is 0 Å². The summed E-state index contributed by atoms with van der Waals surface area (Å²) in [5, 5.41) is 3.01. The third kappa shape index (κ3) is 9.29. The standard InChI is InChI=1S/C14H28NO2.2Y/c1-10(2)8-14(6,11(3)4)13(16)17-9-12(5)15-7;;/h9-12,15H,8H2,1-7H3;;/q-1;;. The Balaban J connectivity index is -0.00000128. The molecule has 2 radical (unpaired) electrons. The Morgan fingerprint density at radius 3 is 2.00 bits per heavy atom. The van der Waals surface area contributed by atoms with Crippen LogP contribution in [0.5, 0.6) is 0 Å². The van der Waals surface area contributed by atoms with Crippen molar-refractivity contribution in [2.24, 2.45) is 17.3 Å². The molecular weight excluding hydrogens is 392 g/mol. The van der Waals surface area contributed by atoms with Crippen LogP contribution in [0.15, 0.2) is 0 Å². The van der Waals surface area contributed by atoms with Gasteiger partial charge < -0.3 is 10.1 Å². The van der Waals surface area contributed by atoms with Crippen molar-refractivity contribution < 1.29 is 74.9 Å². The van der Waals surface area contributed by atoms with E-state index in [0.717, 1.165) is 6.42 Å². The van der Waals surface area contributed by atoms with Crippen molar-refractivity contribution >= 4 is 5.97 Å². The molecule has 0 spiro atoms. The molecule has 0 fully saturated rings. The molecule has 108 valence electrons. The minimum Gasteiger partial charge on any atom is -0.635 e. The van der Waals surface area contributed by atoms with E-state index in [4.69, 9.17) is 4.74 Å². The van der Waals surface area contributed by atoms with Crippen LogP contribution in [0.4, 0.5) is 0 Å². The Morgan fingerprint density at radius 2 is 1.68 bits per heavy atom. The van der Waals surface area contributed by atoms with E-state index in [1.165, 1.54) is 0 Å². The topological polar surface area (TPSA) is 38.3 Å². The van der Waals surface area contributed by atoms with E-state index < -0.39 is 5.41 Å². The molecule has 2 unspecified atom stereocenters. The van der Waals surface area contributed by atoms with Crippen LogP contribution >= 0.6 is 0 Å². The smallest absolute Gasteiger partial charge is 0.280 e. The zero-order valence-electron chi connectivity index (χ0n) is 13.5. The second-order valence-electron chi connectivity index (χ2n) is 5.79. The molecule has 0 heterocycles. The number of rotatable bonds is 7. The van der Waals surface area contributed by atoms with Gasteiger partial charge >= 0.3 is 0 Å². The number of hydrogen-bond donors (Lipinski definition) is 1. The van der Waals surface area contributed by atoms with Crippen LogP contribution in [0.3, 0.4) is 0 Å². The van der Waals surface area contributed by atoms with Gasteiger partial charge in [0.15, 0.2) is 0 Å². The summed E-state index contributed by atoms with van der Waals surface area (Å²) in [7, 11) is 1.84. The number of ether oxygens (including phenoxy) is 1. The van der Waals surface area contributed by atoms with Crippen LogP contribution in [0.25, 0.3) is 0 Å². The van der Waals surface area contributed by atoms with Crippen LogP contribution < -0.4 is 5.32 Å². The van der Waals surface area contributed by atoms with Crippen molar-refractivity contribution in [3.05, 3.63) is 6.61 Å². The molecule has 0 rings (SSSR count). The Morgan fingerprint density at radius 1 is 1.21 bits per heavy atom. The van der Waals surface area contributed by atoms with Gasteiger partial charge in [0.1, 0.15) is 0 Å². The Kier molecular flexibility index (Phi) is 16.4. The minimum absolute atomic E-state index is 0. The SMILES string of the molecule is CNC(C)[CH-]OC(=O)C(C)(CC(C)C)C(C)C.[Y].[Y]. The Hall–Kier alpha value is 1.64. The van der Waals surface area contributed by atoms with Gasteiger partial charge in [-0.15, -0.1) is 6.61 Å². The van der Waals surface area contributed by atoms with Crippen molar-refractivity contribution in [2.75, 3.05) is 7.05 Å². The molecule has 0 aromatic rings. The van der Waals surface area contributed by atoms with E-state index >= 15 is 0 Å². The van der Waals surface area contributed by atoms with Gasteiger partial charge in [0, 0.05) is 65.4 Å². The summed E-state index contributed by atoms with van der Waals surface area (Å²) in [4.78, 5) is 12.2. The van der Waals surface area contributed by atoms with E-state index in [1.54, 1.807) is 6.61 Å². The van der Waals surface area contributed by atoms with Crippen molar-refractivity contribution in [1.82, 2.24) is 5.32 Å². The van der Waals surface area contributed by atoms with Crippen molar-refractivity contribution in [2.45, 2.75) is 54.0 Å². The number of carbonyl (C=O) groups is 1. The minimum atomic E-state index is -0.405. The first-order valence-corrected chi connectivity index (χ1v) is 6.45. The van der Waals surface area contributed by atoms with Crippen LogP contribution in [0.2, 0.25) is 0 Å². The van der Waals surface area contributed by atoms with Crippen LogP contribution in [-0.4, -0.2) is 19.1 Å². The molecule has 5 heteroatoms. The molecule has 1 N–H and O–H groups in total. The molecule has 19 heavy (non-hydrogen) atoms. The summed E-state index contributed by atoms with van der Waals surface area (Å²) < 4.78 is 5.30. The summed E-state index contributed by atoms with van der Waals surface area (Å²) in [5.41, 5.74) is -0.405. The van der Waals surface area contributed by atoms with Gasteiger partial charge in [-0.05, 0) is 32.2 Å². The number of nitrogens with one attached hydrogen (secondary N) is 1. The number of likely N-dealkylation sites (N-methyl/N-ethyl adjacent to an activating group) is 1. The predicted molar refractivity (Wildman–Crippen MR) is 71.3 cm³/mol. The molecule has 0 aliphatic rings. The first-order chi connectivity index (χ1) is 7.74. The third-order valence-corrected chi connectivity index (χ3v) is 3.41. The van der Waals surface area contributed by atoms with Gasteiger partial charge in [0.2, 0.25) is 0 Å². The number of esters is 1. The molecule has 0 aromatic carbocycles. The van der Waals surface area contributed by atoms with E-state index in [2.05, 4.69) is 33.0 Å². The van der Waals surface area contributed by atoms with Crippen LogP contribution in [0, 0.1) is 23.9 Å². The van der Waals surface area contributed by atoms with E-state index in [9.17, 15) is 4.79 Å². The van der Waals surface area contributed by atoms with Crippen molar-refractivity contribution in [3.8, 4) is 0 Å². The molecule has 0 aliphatic carbocycles. The van der Waals surface area contributed by atoms with Crippen molar-refractivity contribution in [1.29, 1.82) is 0 Å². The molecule has 0 aliphatic heterocycles. The first kappa shape index (κ1) is 25.6. The first-order valence-electron chi connectivity index (χ1n) is 6.45. The van der Waals surface area contributed by atoms with Gasteiger partial charge in [0.25, 0.3) is 5.97 Å². The van der Waals surface area contributed by atoms with Gasteiger partial charge in [0.05, 0.1) is 5.41 Å². The average molecular weight is 420 g/mol. The fraction of sp³-hybridized carbons (Fsp3) is 0.857. The normalized spacial score (nSPS) is 15.2. The monoisotopic (exact) mass is 420 g/mol. The molecule has 0 aromatic heterocycles. The summed E-state index contributed by atoms with van der Waals surface area (Å²) >= 11 is 0. The maximum absolute atomic E-state index is 12.2. The van der Waals surface area contributed by atoms with E-state index in [1.807, 2.05) is 20.9 Å². The average Bonchev–Trinajstić information content (AvgIpc) is 2.23. The van der Waals surface area contributed by atoms with Crippen LogP contribution in [0.1, 0.15) is 48.0 Å². The quantitative estimate of drug-likeness (QED) is 0.509. The molecule has 0 amide bonds. The van der Waals surface area contributed by atoms with Crippen molar-refractivity contribution in [3.63, 3.8) is 0 Å². The molecular formula is C14H28NO2Y2-. The predicted octanol–water partition coefficient (Wildman–Crippen LogP) is 3.00. The van der Waals surface area contributed by atoms with E-state index in [-0.39, 0.29) is 83.3 Å². The van der Waals surface area contributed by atoms with E-state index in [0.29, 0.717) is 5.92 Å². The zero-order valence-corrected chi connectivity index (χ0v) is 19.2. The molecule has 3 nitrogen and oxygen atoms in total. The largest absolute Gasteiger partial charge is 0.635 e. The fourth-order valence-electron chi connectivity index (χ4n) is 1.77. The summed E-state index contributed by atoms with van der Waals surface area (Å²) in [6.07, 6.45) is 0.852. The molecule has 2 atom stereocenters. The maximum atomic E-state index is 12.2. The molecule has 0 saturated heterocycles. The summed E-state index contributed by atoms with van der Waals surface area (Å²) in [5.74, 6) is 0.635. The zero-order chi connectivity index (χ0) is 13.6. The maximum Gasteiger partial charge on any atom is 0.280 e. The second-order valence-corrected chi connectivity index (χ2v) is 5.79. The third-order valence-electron chi connectivity index (χ3n) is 3.41. The Bertz CT molecular complexity index is 248. The van der Waals surface area contributed by atoms with Crippen LogP contribution in [-0.2, 0) is 74.9 Å². The van der Waals surface area contributed by atoms with Gasteiger partial charge in [-0.3, -0.25) is 4.79 Å². The van der Waals surface area contributed by atoms with Gasteiger partial charge in [-0.1, -0.05) is 40.7 Å². The number of hydrogen-bond acceptors (Lipinski definition) is 3.